The first-order valence-corrected chi connectivity index (χ1v) is 0. The molecule has 0 amide bonds. The largest absolute Gasteiger partial charge is 2.00 e. The van der Waals surface area contributed by atoms with Crippen LogP contribution in [0, 0.1) is 0 Å². The molecule has 0 saturated heterocycles. The van der Waals surface area contributed by atoms with Gasteiger partial charge >= 0.3 is 76.2 Å². The summed E-state index contributed by atoms with van der Waals surface area (Å²) in [6.07, 6.45) is 0. The summed E-state index contributed by atoms with van der Waals surface area (Å²) in [4.78, 5) is 0. The fraction of sp³-hybridized carbons (Fsp3) is 0. The van der Waals surface area contributed by atoms with Crippen molar-refractivity contribution in [3.8, 4) is 0 Å². The molecule has 22 valence electrons. The van der Waals surface area contributed by atoms with E-state index in [1.807, 2.05) is 0 Å². The van der Waals surface area contributed by atoms with Crippen LogP contribution in [0.5, 0.6) is 0 Å². The Morgan fingerprint density at radius 3 is 0.600 bits per heavy atom. The molecule has 0 aliphatic carbocycles. The van der Waals surface area contributed by atoms with Crippen molar-refractivity contribution < 1.29 is 87.1 Å². The predicted octanol–water partition coefficient (Wildman–Crippen LogP) is -6.23. The predicted molar refractivity (Wildman–Crippen MR) is 1.37 cm³/mol. The van der Waals surface area contributed by atoms with Gasteiger partial charge in [-0.25, -0.2) is 0 Å². The van der Waals surface area contributed by atoms with Gasteiger partial charge in [0.05, 0.1) is 0 Å². The summed E-state index contributed by atoms with van der Waals surface area (Å²) >= 11 is 0. The van der Waals surface area contributed by atoms with Crippen molar-refractivity contribution in [2.45, 2.75) is 0 Å². The average molecular weight is 134 g/mol. The summed E-state index contributed by atoms with van der Waals surface area (Å²) in [5, 5.41) is 0. The number of hydrogen-bond acceptors (Lipinski definition) is 0. The summed E-state index contributed by atoms with van der Waals surface area (Å²) < 4.78 is 0. The molecular weight excluding hydrogens is 134 g/mol. The SMILES string of the molecule is [Fe+2].[Na+].[Na+].[O-2].[O-2]. The molecule has 0 N–H and O–H groups in total. The fourth-order valence-corrected chi connectivity index (χ4v) is 0. The van der Waals surface area contributed by atoms with Gasteiger partial charge in [-0.1, -0.05) is 0 Å². The first kappa shape index (κ1) is 51.8. The van der Waals surface area contributed by atoms with E-state index in [-0.39, 0.29) is 87.1 Å². The molecule has 2 nitrogen and oxygen atoms in total. The van der Waals surface area contributed by atoms with Gasteiger partial charge in [0.2, 0.25) is 0 Å². The van der Waals surface area contributed by atoms with E-state index in [2.05, 4.69) is 0 Å². The quantitative estimate of drug-likeness (QED) is 0.296. The van der Waals surface area contributed by atoms with Crippen molar-refractivity contribution >= 4 is 0 Å². The average Bonchev–Trinajstić information content (AvgIpc) is 0. The van der Waals surface area contributed by atoms with Crippen molar-refractivity contribution in [1.29, 1.82) is 0 Å². The van der Waals surface area contributed by atoms with E-state index in [9.17, 15) is 0 Å². The monoisotopic (exact) mass is 134 g/mol. The maximum atomic E-state index is 0. The molecule has 0 atom stereocenters. The topological polar surface area (TPSA) is 57.0 Å². The molecule has 0 aromatic heterocycles. The zero-order valence-electron chi connectivity index (χ0n) is 3.17. The zero-order valence-corrected chi connectivity index (χ0v) is 8.27. The Kier molecular flexibility index (Phi) is 332. The number of hydrogen-bond donors (Lipinski definition) is 0. The molecule has 0 aromatic carbocycles. The minimum absolute atomic E-state index is 0. The Morgan fingerprint density at radius 1 is 0.600 bits per heavy atom. The molecule has 0 aliphatic rings. The van der Waals surface area contributed by atoms with Gasteiger partial charge in [-0.2, -0.15) is 0 Å². The van der Waals surface area contributed by atoms with Crippen molar-refractivity contribution in [3.05, 3.63) is 0 Å². The van der Waals surface area contributed by atoms with E-state index >= 15 is 0 Å². The Hall–Kier alpha value is 2.44. The van der Waals surface area contributed by atoms with Crippen molar-refractivity contribution in [2.24, 2.45) is 0 Å². The molecule has 0 rings (SSSR count). The third-order valence-electron chi connectivity index (χ3n) is 0. The third-order valence-corrected chi connectivity index (χ3v) is 0. The van der Waals surface area contributed by atoms with Gasteiger partial charge in [-0.15, -0.1) is 0 Å². The van der Waals surface area contributed by atoms with Gasteiger partial charge in [0.25, 0.3) is 0 Å². The molecule has 0 fully saturated rings. The molecule has 0 unspecified atom stereocenters. The molecule has 0 heterocycles. The molecule has 0 saturated carbocycles. The maximum Gasteiger partial charge on any atom is 2.00 e. The van der Waals surface area contributed by atoms with E-state index in [4.69, 9.17) is 0 Å². The summed E-state index contributed by atoms with van der Waals surface area (Å²) in [6.45, 7) is 0. The van der Waals surface area contributed by atoms with Crippen LogP contribution in [-0.2, 0) is 28.0 Å². The van der Waals surface area contributed by atoms with Crippen LogP contribution < -0.4 is 59.1 Å². The van der Waals surface area contributed by atoms with Crippen LogP contribution in [0.4, 0.5) is 0 Å². The normalized spacial score (nSPS) is 0. The van der Waals surface area contributed by atoms with Crippen LogP contribution in [0.2, 0.25) is 0 Å². The van der Waals surface area contributed by atoms with Gasteiger partial charge in [0.15, 0.2) is 0 Å². The maximum absolute atomic E-state index is 0. The summed E-state index contributed by atoms with van der Waals surface area (Å²) in [5.74, 6) is 0. The van der Waals surface area contributed by atoms with Gasteiger partial charge < -0.3 is 11.0 Å². The minimum Gasteiger partial charge on any atom is -2.00 e. The molecule has 0 aliphatic heterocycles. The van der Waals surface area contributed by atoms with Gasteiger partial charge in [0, 0.05) is 0 Å². The standard InChI is InChI=1S/Fe.2Na.2O/q+2;2*+1;2*-2. The number of rotatable bonds is 0. The molecular formula is FeNa2O2. The smallest absolute Gasteiger partial charge is 2.00 e. The van der Waals surface area contributed by atoms with Crippen LogP contribution in [0.25, 0.3) is 0 Å². The summed E-state index contributed by atoms with van der Waals surface area (Å²) in [7, 11) is 0. The van der Waals surface area contributed by atoms with Crippen molar-refractivity contribution in [2.75, 3.05) is 0 Å². The van der Waals surface area contributed by atoms with E-state index in [0.29, 0.717) is 0 Å². The van der Waals surface area contributed by atoms with Crippen LogP contribution in [0.15, 0.2) is 0 Å². The summed E-state index contributed by atoms with van der Waals surface area (Å²) in [5.41, 5.74) is 0. The van der Waals surface area contributed by atoms with Crippen LogP contribution in [-0.4, -0.2) is 0 Å². The molecule has 0 bridgehead atoms. The molecule has 5 heteroatoms. The summed E-state index contributed by atoms with van der Waals surface area (Å²) in [6, 6.07) is 0. The molecule has 0 radical (unpaired) electrons. The molecule has 5 heavy (non-hydrogen) atoms. The Bertz CT molecular complexity index is 7.61. The van der Waals surface area contributed by atoms with Gasteiger partial charge in [-0.3, -0.25) is 0 Å². The second-order valence-electron chi connectivity index (χ2n) is 0. The second kappa shape index (κ2) is 32.0. The van der Waals surface area contributed by atoms with Gasteiger partial charge in [-0.05, 0) is 0 Å². The minimum atomic E-state index is 0. The first-order chi connectivity index (χ1) is 0. The van der Waals surface area contributed by atoms with E-state index in [1.165, 1.54) is 0 Å². The Balaban J connectivity index is 0. The van der Waals surface area contributed by atoms with Crippen molar-refractivity contribution in [3.63, 3.8) is 0 Å². The molecule has 0 spiro atoms. The first-order valence-electron chi connectivity index (χ1n) is 0. The van der Waals surface area contributed by atoms with E-state index in [0.717, 1.165) is 0 Å². The third kappa shape index (κ3) is 21.3. The van der Waals surface area contributed by atoms with E-state index in [1.54, 1.807) is 0 Å². The van der Waals surface area contributed by atoms with E-state index < -0.39 is 0 Å². The fourth-order valence-electron chi connectivity index (χ4n) is 0. The van der Waals surface area contributed by atoms with Crippen LogP contribution in [0.3, 0.4) is 0 Å². The van der Waals surface area contributed by atoms with Crippen LogP contribution in [0.1, 0.15) is 0 Å². The Morgan fingerprint density at radius 2 is 0.600 bits per heavy atom. The zero-order chi connectivity index (χ0) is 0. The van der Waals surface area contributed by atoms with Crippen molar-refractivity contribution in [1.82, 2.24) is 0 Å². The second-order valence-corrected chi connectivity index (χ2v) is 0. The molecule has 0 aromatic rings. The van der Waals surface area contributed by atoms with Crippen LogP contribution >= 0.6 is 0 Å². The Labute approximate surface area is 85.8 Å². The van der Waals surface area contributed by atoms with Gasteiger partial charge in [0.1, 0.15) is 0 Å².